The number of aromatic nitrogens is 5. The van der Waals surface area contributed by atoms with Gasteiger partial charge in [0.2, 0.25) is 11.7 Å². The first-order chi connectivity index (χ1) is 17.7. The Morgan fingerprint density at radius 2 is 1.67 bits per heavy atom. The Labute approximate surface area is 209 Å². The zero-order valence-corrected chi connectivity index (χ0v) is 19.9. The Kier molecular flexibility index (Phi) is 5.67. The minimum atomic E-state index is -0.171. The molecule has 6 rings (SSSR count). The van der Waals surface area contributed by atoms with Gasteiger partial charge in [0.05, 0.1) is 34.4 Å². The number of para-hydroxylation sites is 1. The van der Waals surface area contributed by atoms with Gasteiger partial charge in [-0.05, 0) is 42.0 Å². The molecular formula is C27H20N6O2S. The lowest BCUT2D eigenvalue weighted by atomic mass is 10.2. The van der Waals surface area contributed by atoms with Gasteiger partial charge in [0.1, 0.15) is 0 Å². The van der Waals surface area contributed by atoms with E-state index in [2.05, 4.69) is 20.5 Å². The van der Waals surface area contributed by atoms with Crippen molar-refractivity contribution in [2.75, 3.05) is 11.1 Å². The first-order valence-corrected chi connectivity index (χ1v) is 12.3. The number of nitrogens with zero attached hydrogens (tertiary/aromatic N) is 5. The van der Waals surface area contributed by atoms with Crippen LogP contribution in [0.2, 0.25) is 0 Å². The second-order valence-corrected chi connectivity index (χ2v) is 9.17. The zero-order chi connectivity index (χ0) is 24.5. The van der Waals surface area contributed by atoms with E-state index in [1.807, 2.05) is 83.3 Å². The molecule has 0 spiro atoms. The lowest BCUT2D eigenvalue weighted by Crippen LogP contribution is -2.24. The Bertz CT molecular complexity index is 1790. The van der Waals surface area contributed by atoms with Gasteiger partial charge in [-0.25, -0.2) is 0 Å². The normalized spacial score (nSPS) is 11.3. The van der Waals surface area contributed by atoms with Gasteiger partial charge in [-0.3, -0.25) is 23.5 Å². The van der Waals surface area contributed by atoms with Gasteiger partial charge in [-0.1, -0.05) is 60.3 Å². The molecular weight excluding hydrogens is 472 g/mol. The number of rotatable bonds is 6. The van der Waals surface area contributed by atoms with Crippen LogP contribution in [0.25, 0.3) is 27.6 Å². The van der Waals surface area contributed by atoms with Gasteiger partial charge < -0.3 is 5.32 Å². The van der Waals surface area contributed by atoms with Crippen LogP contribution in [-0.2, 0) is 11.3 Å². The number of nitrogens with one attached hydrogen (secondary N) is 1. The molecule has 3 aromatic heterocycles. The molecule has 0 aliphatic heterocycles. The molecule has 0 unspecified atom stereocenters. The van der Waals surface area contributed by atoms with Crippen LogP contribution in [0, 0.1) is 0 Å². The van der Waals surface area contributed by atoms with Crippen molar-refractivity contribution in [2.45, 2.75) is 11.7 Å². The van der Waals surface area contributed by atoms with E-state index in [9.17, 15) is 9.59 Å². The number of carbonyl (C=O) groups excluding carboxylic acids is 1. The summed E-state index contributed by atoms with van der Waals surface area (Å²) in [6, 6.07) is 26.5. The predicted molar refractivity (Wildman–Crippen MR) is 141 cm³/mol. The summed E-state index contributed by atoms with van der Waals surface area (Å²) < 4.78 is 3.47. The molecule has 8 nitrogen and oxygen atoms in total. The zero-order valence-electron chi connectivity index (χ0n) is 19.0. The van der Waals surface area contributed by atoms with Crippen LogP contribution in [0.4, 0.5) is 5.69 Å². The number of benzene rings is 3. The van der Waals surface area contributed by atoms with E-state index in [4.69, 9.17) is 0 Å². The van der Waals surface area contributed by atoms with Gasteiger partial charge in [0, 0.05) is 11.6 Å². The fourth-order valence-corrected chi connectivity index (χ4v) is 5.00. The molecule has 9 heteroatoms. The van der Waals surface area contributed by atoms with Crippen molar-refractivity contribution in [1.29, 1.82) is 0 Å². The summed E-state index contributed by atoms with van der Waals surface area (Å²) in [5.41, 5.74) is 3.08. The summed E-state index contributed by atoms with van der Waals surface area (Å²) in [6.45, 7) is 0.367. The van der Waals surface area contributed by atoms with Crippen LogP contribution in [0.1, 0.15) is 5.56 Å². The van der Waals surface area contributed by atoms with Crippen molar-refractivity contribution in [3.05, 3.63) is 107 Å². The Morgan fingerprint density at radius 1 is 0.861 bits per heavy atom. The fourth-order valence-electron chi connectivity index (χ4n) is 4.26. The fraction of sp³-hybridized carbons (Fsp3) is 0.0741. The first kappa shape index (κ1) is 22.0. The third kappa shape index (κ3) is 3.99. The van der Waals surface area contributed by atoms with Crippen LogP contribution >= 0.6 is 11.8 Å². The van der Waals surface area contributed by atoms with Crippen molar-refractivity contribution in [1.82, 2.24) is 24.1 Å². The summed E-state index contributed by atoms with van der Waals surface area (Å²) in [5.74, 6) is 0.393. The summed E-state index contributed by atoms with van der Waals surface area (Å²) in [4.78, 5) is 30.5. The molecule has 6 aromatic rings. The van der Waals surface area contributed by atoms with Gasteiger partial charge in [-0.15, -0.1) is 10.2 Å². The second-order valence-electron chi connectivity index (χ2n) is 8.22. The number of pyridine rings is 1. The molecule has 1 amide bonds. The van der Waals surface area contributed by atoms with E-state index in [0.717, 1.165) is 16.5 Å². The highest BCUT2D eigenvalue weighted by Gasteiger charge is 2.18. The minimum absolute atomic E-state index is 0.129. The van der Waals surface area contributed by atoms with Crippen molar-refractivity contribution in [3.63, 3.8) is 0 Å². The average Bonchev–Trinajstić information content (AvgIpc) is 3.35. The smallest absolute Gasteiger partial charge is 0.263 e. The van der Waals surface area contributed by atoms with Gasteiger partial charge in [0.15, 0.2) is 5.16 Å². The van der Waals surface area contributed by atoms with E-state index in [1.165, 1.54) is 11.8 Å². The number of carbonyl (C=O) groups is 1. The molecule has 0 saturated heterocycles. The van der Waals surface area contributed by atoms with Crippen molar-refractivity contribution < 1.29 is 4.79 Å². The van der Waals surface area contributed by atoms with Crippen molar-refractivity contribution >= 4 is 50.9 Å². The Morgan fingerprint density at radius 3 is 2.56 bits per heavy atom. The summed E-state index contributed by atoms with van der Waals surface area (Å²) in [5, 5.41) is 13.6. The Hall–Kier alpha value is -4.50. The van der Waals surface area contributed by atoms with E-state index < -0.39 is 0 Å². The van der Waals surface area contributed by atoms with Crippen LogP contribution in [0.3, 0.4) is 0 Å². The molecule has 0 aliphatic carbocycles. The molecule has 0 bridgehead atoms. The van der Waals surface area contributed by atoms with Gasteiger partial charge in [0.25, 0.3) is 5.56 Å². The second kappa shape index (κ2) is 9.27. The van der Waals surface area contributed by atoms with Crippen LogP contribution < -0.4 is 10.9 Å². The van der Waals surface area contributed by atoms with Crippen LogP contribution in [-0.4, -0.2) is 35.8 Å². The molecule has 176 valence electrons. The molecule has 0 fully saturated rings. The topological polar surface area (TPSA) is 94.2 Å². The molecule has 3 aromatic carbocycles. The van der Waals surface area contributed by atoms with E-state index >= 15 is 0 Å². The lowest BCUT2D eigenvalue weighted by Gasteiger charge is -2.11. The average molecular weight is 493 g/mol. The van der Waals surface area contributed by atoms with Crippen LogP contribution in [0.15, 0.2) is 101 Å². The highest BCUT2D eigenvalue weighted by atomic mass is 32.2. The Balaban J connectivity index is 1.33. The molecule has 0 aliphatic rings. The number of amides is 1. The summed E-state index contributed by atoms with van der Waals surface area (Å²) >= 11 is 1.27. The number of hydrogen-bond acceptors (Lipinski definition) is 6. The monoisotopic (exact) mass is 492 g/mol. The lowest BCUT2D eigenvalue weighted by molar-refractivity contribution is -0.113. The number of fused-ring (bicyclic) bond motifs is 4. The summed E-state index contributed by atoms with van der Waals surface area (Å²) in [6.07, 6.45) is 1.72. The quantitative estimate of drug-likeness (QED) is 0.347. The number of anilines is 1. The maximum atomic E-state index is 13.3. The van der Waals surface area contributed by atoms with Crippen molar-refractivity contribution in [2.24, 2.45) is 0 Å². The first-order valence-electron chi connectivity index (χ1n) is 11.4. The maximum absolute atomic E-state index is 13.3. The summed E-state index contributed by atoms with van der Waals surface area (Å²) in [7, 11) is 0. The maximum Gasteiger partial charge on any atom is 0.263 e. The third-order valence-corrected chi connectivity index (χ3v) is 6.84. The van der Waals surface area contributed by atoms with Crippen molar-refractivity contribution in [3.8, 4) is 0 Å². The van der Waals surface area contributed by atoms with E-state index in [1.54, 1.807) is 16.8 Å². The van der Waals surface area contributed by atoms with E-state index in [-0.39, 0.29) is 17.2 Å². The molecule has 0 saturated carbocycles. The highest BCUT2D eigenvalue weighted by Crippen LogP contribution is 2.24. The van der Waals surface area contributed by atoms with Crippen LogP contribution in [0.5, 0.6) is 0 Å². The predicted octanol–water partition coefficient (Wildman–Crippen LogP) is 4.37. The number of thioether (sulfide) groups is 1. The highest BCUT2D eigenvalue weighted by molar-refractivity contribution is 7.99. The molecule has 0 atom stereocenters. The molecule has 1 N–H and O–H groups in total. The van der Waals surface area contributed by atoms with Gasteiger partial charge in [-0.2, -0.15) is 0 Å². The minimum Gasteiger partial charge on any atom is -0.325 e. The van der Waals surface area contributed by atoms with Gasteiger partial charge >= 0.3 is 0 Å². The SMILES string of the molecule is O=C(CSc1nnc2n(Cc3ccccc3)c(=O)c3ccccc3n12)Nc1cccc2ncccc12. The van der Waals surface area contributed by atoms with E-state index in [0.29, 0.717) is 34.1 Å². The molecule has 3 heterocycles. The third-order valence-electron chi connectivity index (χ3n) is 5.91. The molecule has 36 heavy (non-hydrogen) atoms. The number of hydrogen-bond donors (Lipinski definition) is 1. The largest absolute Gasteiger partial charge is 0.325 e. The standard InChI is InChI=1S/C27H20N6O2S/c34-24(29-22-13-6-12-21-19(22)11-7-15-28-21)17-36-27-31-30-26-32(16-18-8-2-1-3-9-18)25(35)20-10-4-5-14-23(20)33(26)27/h1-15H,16-17H2,(H,29,34). The molecule has 0 radical (unpaired) electrons.